The maximum Gasteiger partial charge on any atom is 0.416 e. The number of amides is 2. The predicted molar refractivity (Wildman–Crippen MR) is 118 cm³/mol. The highest BCUT2D eigenvalue weighted by Crippen LogP contribution is 2.41. The number of anilines is 1. The van der Waals surface area contributed by atoms with Gasteiger partial charge in [-0.25, -0.2) is 13.2 Å². The van der Waals surface area contributed by atoms with Crippen LogP contribution in [0.4, 0.5) is 23.7 Å². The molecule has 2 amide bonds. The number of alkyl halides is 3. The Kier molecular flexibility index (Phi) is 6.57. The molecule has 1 aliphatic carbocycles. The van der Waals surface area contributed by atoms with E-state index in [2.05, 4.69) is 10.6 Å². The van der Waals surface area contributed by atoms with E-state index in [0.29, 0.717) is 19.3 Å². The second-order valence-corrected chi connectivity index (χ2v) is 10.8. The summed E-state index contributed by atoms with van der Waals surface area (Å²) in [7, 11) is -3.03. The van der Waals surface area contributed by atoms with Crippen molar-refractivity contribution in [2.24, 2.45) is 0 Å². The van der Waals surface area contributed by atoms with E-state index in [0.717, 1.165) is 17.7 Å². The lowest BCUT2D eigenvalue weighted by atomic mass is 10.1. The van der Waals surface area contributed by atoms with Crippen LogP contribution < -0.4 is 10.6 Å². The molecule has 0 unspecified atom stereocenters. The van der Waals surface area contributed by atoms with Gasteiger partial charge in [0.05, 0.1) is 17.1 Å². The van der Waals surface area contributed by atoms with Gasteiger partial charge in [-0.1, -0.05) is 18.2 Å². The van der Waals surface area contributed by atoms with Crippen molar-refractivity contribution < 1.29 is 35.9 Å². The fourth-order valence-electron chi connectivity index (χ4n) is 3.90. The van der Waals surface area contributed by atoms with Gasteiger partial charge in [0.15, 0.2) is 9.84 Å². The molecular weight excluding hydrogens is 473 g/mol. The van der Waals surface area contributed by atoms with Gasteiger partial charge in [0.1, 0.15) is 6.10 Å². The van der Waals surface area contributed by atoms with Gasteiger partial charge in [-0.3, -0.25) is 4.79 Å². The van der Waals surface area contributed by atoms with E-state index < -0.39 is 39.7 Å². The SMILES string of the molecule is O=C(N[C@@H]1C[C@H]1c1ccc(C(=O)Nc2cccc(C(F)(F)F)c2)cc1)OC1CCS(=O)(=O)CC1. The number of carbonyl (C=O) groups is 2. The smallest absolute Gasteiger partial charge is 0.416 e. The highest BCUT2D eigenvalue weighted by molar-refractivity contribution is 7.91. The van der Waals surface area contributed by atoms with Crippen molar-refractivity contribution in [2.45, 2.75) is 43.5 Å². The number of benzene rings is 2. The third-order valence-electron chi connectivity index (χ3n) is 5.92. The third-order valence-corrected chi connectivity index (χ3v) is 7.63. The van der Waals surface area contributed by atoms with Crippen molar-refractivity contribution in [3.63, 3.8) is 0 Å². The number of nitrogens with one attached hydrogen (secondary N) is 2. The Bertz CT molecular complexity index is 1170. The Morgan fingerprint density at radius 2 is 1.68 bits per heavy atom. The molecule has 11 heteroatoms. The Morgan fingerprint density at radius 3 is 2.32 bits per heavy atom. The lowest BCUT2D eigenvalue weighted by Crippen LogP contribution is -2.35. The van der Waals surface area contributed by atoms with Crippen molar-refractivity contribution in [1.82, 2.24) is 5.32 Å². The average Bonchev–Trinajstić information content (AvgIpc) is 3.54. The number of carbonyl (C=O) groups excluding carboxylic acids is 2. The first-order chi connectivity index (χ1) is 16.0. The first-order valence-electron chi connectivity index (χ1n) is 10.8. The monoisotopic (exact) mass is 496 g/mol. The number of alkyl carbamates (subject to hydrolysis) is 1. The molecule has 1 aliphatic heterocycles. The van der Waals surface area contributed by atoms with Crippen LogP contribution in [0.2, 0.25) is 0 Å². The molecule has 2 fully saturated rings. The summed E-state index contributed by atoms with van der Waals surface area (Å²) in [5.41, 5.74) is 0.395. The van der Waals surface area contributed by atoms with Crippen molar-refractivity contribution in [3.8, 4) is 0 Å². The minimum absolute atomic E-state index is 0.0185. The molecule has 0 radical (unpaired) electrons. The molecule has 1 heterocycles. The van der Waals surface area contributed by atoms with Gasteiger partial charge in [0.25, 0.3) is 5.91 Å². The van der Waals surface area contributed by atoms with Gasteiger partial charge >= 0.3 is 12.3 Å². The Hall–Kier alpha value is -3.08. The van der Waals surface area contributed by atoms with E-state index >= 15 is 0 Å². The summed E-state index contributed by atoms with van der Waals surface area (Å²) in [5.74, 6) is -0.440. The molecule has 2 N–H and O–H groups in total. The number of halogens is 3. The zero-order chi connectivity index (χ0) is 24.5. The molecule has 1 saturated heterocycles. The van der Waals surface area contributed by atoms with E-state index in [-0.39, 0.29) is 34.7 Å². The van der Waals surface area contributed by atoms with E-state index in [1.54, 1.807) is 24.3 Å². The molecule has 1 saturated carbocycles. The molecule has 2 aromatic rings. The van der Waals surface area contributed by atoms with E-state index in [1.807, 2.05) is 0 Å². The van der Waals surface area contributed by atoms with Crippen LogP contribution in [0.25, 0.3) is 0 Å². The molecule has 2 aliphatic rings. The lowest BCUT2D eigenvalue weighted by Gasteiger charge is -2.22. The van der Waals surface area contributed by atoms with Crippen LogP contribution in [0.3, 0.4) is 0 Å². The summed E-state index contributed by atoms with van der Waals surface area (Å²) in [5, 5.41) is 5.24. The lowest BCUT2D eigenvalue weighted by molar-refractivity contribution is -0.137. The molecule has 0 spiro atoms. The normalized spacial score (nSPS) is 22.0. The number of rotatable bonds is 5. The standard InChI is InChI=1S/C23H23F3N2O5S/c24-23(25,26)16-2-1-3-17(12-16)27-21(29)15-6-4-14(5-7-15)19-13-20(19)28-22(30)33-18-8-10-34(31,32)11-9-18/h1-7,12,18-20H,8-11,13H2,(H,27,29)(H,28,30)/t19-,20+/m0/s1. The molecule has 34 heavy (non-hydrogen) atoms. The number of hydrogen-bond acceptors (Lipinski definition) is 5. The quantitative estimate of drug-likeness (QED) is 0.649. The summed E-state index contributed by atoms with van der Waals surface area (Å²) < 4.78 is 66.8. The van der Waals surface area contributed by atoms with Gasteiger partial charge in [-0.2, -0.15) is 13.2 Å². The number of sulfone groups is 1. The van der Waals surface area contributed by atoms with Crippen LogP contribution in [-0.4, -0.2) is 44.1 Å². The molecule has 182 valence electrons. The van der Waals surface area contributed by atoms with Gasteiger partial charge in [0.2, 0.25) is 0 Å². The molecular formula is C23H23F3N2O5S. The van der Waals surface area contributed by atoms with Crippen LogP contribution >= 0.6 is 0 Å². The Balaban J connectivity index is 1.27. The molecule has 4 rings (SSSR count). The first kappa shape index (κ1) is 24.1. The Labute approximate surface area is 194 Å². The van der Waals surface area contributed by atoms with E-state index in [4.69, 9.17) is 4.74 Å². The Morgan fingerprint density at radius 1 is 1.00 bits per heavy atom. The maximum atomic E-state index is 12.8. The summed E-state index contributed by atoms with van der Waals surface area (Å²) in [6, 6.07) is 10.9. The van der Waals surface area contributed by atoms with Gasteiger partial charge in [-0.05, 0) is 55.2 Å². The van der Waals surface area contributed by atoms with Crippen LogP contribution in [0.15, 0.2) is 48.5 Å². The fraction of sp³-hybridized carbons (Fsp3) is 0.391. The van der Waals surface area contributed by atoms with Crippen LogP contribution in [0.1, 0.15) is 46.7 Å². The number of hydrogen-bond donors (Lipinski definition) is 2. The van der Waals surface area contributed by atoms with E-state index in [1.165, 1.54) is 12.1 Å². The molecule has 0 aromatic heterocycles. The zero-order valence-electron chi connectivity index (χ0n) is 18.0. The fourth-order valence-corrected chi connectivity index (χ4v) is 5.35. The summed E-state index contributed by atoms with van der Waals surface area (Å²) in [4.78, 5) is 24.5. The minimum Gasteiger partial charge on any atom is -0.446 e. The van der Waals surface area contributed by atoms with Crippen LogP contribution in [0, 0.1) is 0 Å². The largest absolute Gasteiger partial charge is 0.446 e. The molecule has 2 atom stereocenters. The second kappa shape index (κ2) is 9.28. The second-order valence-electron chi connectivity index (χ2n) is 8.50. The summed E-state index contributed by atoms with van der Waals surface area (Å²) in [6.07, 6.45) is -4.18. The highest BCUT2D eigenvalue weighted by Gasteiger charge is 2.40. The topological polar surface area (TPSA) is 102 Å². The van der Waals surface area contributed by atoms with Crippen LogP contribution in [0.5, 0.6) is 0 Å². The summed E-state index contributed by atoms with van der Waals surface area (Å²) >= 11 is 0. The van der Waals surface area contributed by atoms with Gasteiger partial charge in [0, 0.05) is 23.2 Å². The van der Waals surface area contributed by atoms with Crippen LogP contribution in [-0.2, 0) is 20.8 Å². The van der Waals surface area contributed by atoms with Gasteiger partial charge in [-0.15, -0.1) is 0 Å². The predicted octanol–water partition coefficient (Wildman–Crippen LogP) is 4.12. The number of ether oxygens (including phenoxy) is 1. The van der Waals surface area contributed by atoms with Crippen molar-refractivity contribution >= 4 is 27.5 Å². The average molecular weight is 497 g/mol. The van der Waals surface area contributed by atoms with Crippen molar-refractivity contribution in [2.75, 3.05) is 16.8 Å². The highest BCUT2D eigenvalue weighted by atomic mass is 32.2. The zero-order valence-corrected chi connectivity index (χ0v) is 18.8. The van der Waals surface area contributed by atoms with E-state index in [9.17, 15) is 31.2 Å². The third kappa shape index (κ3) is 6.07. The van der Waals surface area contributed by atoms with Crippen molar-refractivity contribution in [3.05, 3.63) is 65.2 Å². The molecule has 7 nitrogen and oxygen atoms in total. The van der Waals surface area contributed by atoms with Gasteiger partial charge < -0.3 is 15.4 Å². The van der Waals surface area contributed by atoms with Crippen molar-refractivity contribution in [1.29, 1.82) is 0 Å². The molecule has 2 aromatic carbocycles. The first-order valence-corrected chi connectivity index (χ1v) is 12.6. The molecule has 0 bridgehead atoms. The maximum absolute atomic E-state index is 12.8. The summed E-state index contributed by atoms with van der Waals surface area (Å²) in [6.45, 7) is 0. The minimum atomic E-state index is -4.50.